The van der Waals surface area contributed by atoms with Gasteiger partial charge in [-0.15, -0.1) is 0 Å². The number of carboxylic acid groups (broad SMARTS) is 1. The number of hydrogen-bond acceptors (Lipinski definition) is 7. The van der Waals surface area contributed by atoms with Crippen LogP contribution in [0, 0.1) is 6.92 Å². The van der Waals surface area contributed by atoms with Gasteiger partial charge in [0.2, 0.25) is 10.0 Å². The first-order valence-electron chi connectivity index (χ1n) is 9.18. The van der Waals surface area contributed by atoms with Gasteiger partial charge in [0, 0.05) is 14.1 Å². The molecule has 13 heteroatoms. The Kier molecular flexibility index (Phi) is 6.18. The molecule has 11 nitrogen and oxygen atoms in total. The van der Waals surface area contributed by atoms with Crippen LogP contribution < -0.4 is 14.4 Å². The molecule has 0 unspecified atom stereocenters. The predicted octanol–water partition coefficient (Wildman–Crippen LogP) is 0.856. The number of fused-ring (bicyclic) bond motifs is 1. The summed E-state index contributed by atoms with van der Waals surface area (Å²) in [5, 5.41) is 9.07. The lowest BCUT2D eigenvalue weighted by atomic mass is 10.2. The van der Waals surface area contributed by atoms with E-state index in [1.165, 1.54) is 44.4 Å². The van der Waals surface area contributed by atoms with Crippen LogP contribution in [0.15, 0.2) is 46.2 Å². The maximum Gasteiger partial charge on any atom is 0.323 e. The molecule has 172 valence electrons. The Hall–Kier alpha value is -3.16. The van der Waals surface area contributed by atoms with Gasteiger partial charge in [0.15, 0.2) is 6.61 Å². The van der Waals surface area contributed by atoms with Gasteiger partial charge in [-0.1, -0.05) is 6.07 Å². The highest BCUT2D eigenvalue weighted by molar-refractivity contribution is 7.92. The monoisotopic (exact) mass is 483 g/mol. The standard InChI is InChI=1S/C19H21N3O8S2/c1-12-4-5-13(8-17(12)32(28,29)21(2)3)20-31(26,27)14-6-7-16-15(9-14)22(10-19(24)25)18(23)11-30-16/h4-9,20H,10-11H2,1-3H3,(H,24,25). The van der Waals surface area contributed by atoms with Crippen molar-refractivity contribution >= 4 is 43.3 Å². The highest BCUT2D eigenvalue weighted by Gasteiger charge is 2.29. The number of aryl methyl sites for hydroxylation is 1. The highest BCUT2D eigenvalue weighted by Crippen LogP contribution is 2.34. The molecule has 1 heterocycles. The van der Waals surface area contributed by atoms with Crippen molar-refractivity contribution in [1.29, 1.82) is 0 Å². The number of ether oxygens (including phenoxy) is 1. The largest absolute Gasteiger partial charge is 0.482 e. The molecule has 2 N–H and O–H groups in total. The third kappa shape index (κ3) is 4.54. The first-order chi connectivity index (χ1) is 14.8. The van der Waals surface area contributed by atoms with Crippen molar-refractivity contribution in [2.75, 3.05) is 36.9 Å². The second kappa shape index (κ2) is 8.41. The van der Waals surface area contributed by atoms with Gasteiger partial charge in [-0.25, -0.2) is 21.1 Å². The number of aliphatic carboxylic acids is 1. The van der Waals surface area contributed by atoms with Crippen molar-refractivity contribution in [1.82, 2.24) is 4.31 Å². The number of carbonyl (C=O) groups excluding carboxylic acids is 1. The fourth-order valence-electron chi connectivity index (χ4n) is 3.01. The molecule has 0 fully saturated rings. The number of carboxylic acids is 1. The van der Waals surface area contributed by atoms with Crippen LogP contribution in [0.25, 0.3) is 0 Å². The first kappa shape index (κ1) is 23.5. The van der Waals surface area contributed by atoms with E-state index in [0.29, 0.717) is 5.56 Å². The zero-order chi connectivity index (χ0) is 23.8. The van der Waals surface area contributed by atoms with Crippen LogP contribution in [0.2, 0.25) is 0 Å². The summed E-state index contributed by atoms with van der Waals surface area (Å²) in [5.74, 6) is -1.73. The summed E-state index contributed by atoms with van der Waals surface area (Å²) in [5.41, 5.74) is 0.463. The van der Waals surface area contributed by atoms with E-state index in [4.69, 9.17) is 9.84 Å². The number of sulfonamides is 2. The summed E-state index contributed by atoms with van der Waals surface area (Å²) in [6.45, 7) is 0.569. The number of carbonyl (C=O) groups is 2. The zero-order valence-corrected chi connectivity index (χ0v) is 19.0. The Morgan fingerprint density at radius 2 is 1.84 bits per heavy atom. The minimum absolute atomic E-state index is 0.00584. The predicted molar refractivity (Wildman–Crippen MR) is 115 cm³/mol. The summed E-state index contributed by atoms with van der Waals surface area (Å²) in [6, 6.07) is 7.79. The Morgan fingerprint density at radius 3 is 2.47 bits per heavy atom. The van der Waals surface area contributed by atoms with E-state index in [9.17, 15) is 26.4 Å². The number of anilines is 2. The van der Waals surface area contributed by atoms with E-state index in [0.717, 1.165) is 15.3 Å². The third-order valence-electron chi connectivity index (χ3n) is 4.68. The van der Waals surface area contributed by atoms with E-state index >= 15 is 0 Å². The number of nitrogens with zero attached hydrogens (tertiary/aromatic N) is 2. The van der Waals surface area contributed by atoms with Gasteiger partial charge in [-0.2, -0.15) is 0 Å². The van der Waals surface area contributed by atoms with Crippen LogP contribution >= 0.6 is 0 Å². The summed E-state index contributed by atoms with van der Waals surface area (Å²) in [6.07, 6.45) is 0. The van der Waals surface area contributed by atoms with Crippen LogP contribution in [0.1, 0.15) is 5.56 Å². The maximum absolute atomic E-state index is 12.9. The second-order valence-electron chi connectivity index (χ2n) is 7.17. The molecule has 1 aliphatic heterocycles. The SMILES string of the molecule is Cc1ccc(NS(=O)(=O)c2ccc3c(c2)N(CC(=O)O)C(=O)CO3)cc1S(=O)(=O)N(C)C. The van der Waals surface area contributed by atoms with Gasteiger partial charge in [0.05, 0.1) is 21.2 Å². The molecule has 0 saturated carbocycles. The smallest absolute Gasteiger partial charge is 0.323 e. The topological polar surface area (TPSA) is 150 Å². The van der Waals surface area contributed by atoms with Gasteiger partial charge in [-0.3, -0.25) is 19.2 Å². The number of rotatable bonds is 7. The molecule has 2 aromatic rings. The van der Waals surface area contributed by atoms with Crippen molar-refractivity contribution in [2.24, 2.45) is 0 Å². The zero-order valence-electron chi connectivity index (χ0n) is 17.4. The van der Waals surface area contributed by atoms with Crippen LogP contribution in [-0.2, 0) is 29.6 Å². The van der Waals surface area contributed by atoms with E-state index < -0.39 is 38.5 Å². The Balaban J connectivity index is 1.99. The van der Waals surface area contributed by atoms with Gasteiger partial charge in [0.1, 0.15) is 12.3 Å². The van der Waals surface area contributed by atoms with Gasteiger partial charge >= 0.3 is 5.97 Å². The van der Waals surface area contributed by atoms with Crippen LogP contribution in [0.4, 0.5) is 11.4 Å². The van der Waals surface area contributed by atoms with E-state index in [-0.39, 0.29) is 33.5 Å². The Morgan fingerprint density at radius 1 is 1.16 bits per heavy atom. The molecular weight excluding hydrogens is 462 g/mol. The van der Waals surface area contributed by atoms with Crippen molar-refractivity contribution in [3.05, 3.63) is 42.0 Å². The summed E-state index contributed by atoms with van der Waals surface area (Å²) in [7, 11) is -5.28. The molecule has 1 amide bonds. The second-order valence-corrected chi connectivity index (χ2v) is 11.0. The van der Waals surface area contributed by atoms with E-state index in [1.54, 1.807) is 6.92 Å². The number of nitrogens with one attached hydrogen (secondary N) is 1. The lowest BCUT2D eigenvalue weighted by Crippen LogP contribution is -2.42. The molecule has 0 radical (unpaired) electrons. The third-order valence-corrected chi connectivity index (χ3v) is 8.01. The molecule has 3 rings (SSSR count). The molecule has 32 heavy (non-hydrogen) atoms. The molecule has 1 aliphatic rings. The first-order valence-corrected chi connectivity index (χ1v) is 12.1. The number of amides is 1. The average molecular weight is 484 g/mol. The lowest BCUT2D eigenvalue weighted by Gasteiger charge is -2.28. The molecule has 2 aromatic carbocycles. The van der Waals surface area contributed by atoms with Crippen LogP contribution in [0.5, 0.6) is 5.75 Å². The van der Waals surface area contributed by atoms with Crippen LogP contribution in [0.3, 0.4) is 0 Å². The molecule has 0 saturated heterocycles. The fraction of sp³-hybridized carbons (Fsp3) is 0.263. The quantitative estimate of drug-likeness (QED) is 0.589. The molecule has 0 aliphatic carbocycles. The summed E-state index contributed by atoms with van der Waals surface area (Å²) >= 11 is 0. The minimum Gasteiger partial charge on any atom is -0.482 e. The summed E-state index contributed by atoms with van der Waals surface area (Å²) < 4.78 is 59.5. The van der Waals surface area contributed by atoms with Gasteiger partial charge in [0.25, 0.3) is 15.9 Å². The molecular formula is C19H21N3O8S2. The normalized spacial score (nSPS) is 14.1. The summed E-state index contributed by atoms with van der Waals surface area (Å²) in [4.78, 5) is 23.8. The van der Waals surface area contributed by atoms with Crippen molar-refractivity contribution in [3.8, 4) is 5.75 Å². The molecule has 0 atom stereocenters. The van der Waals surface area contributed by atoms with E-state index in [2.05, 4.69) is 4.72 Å². The fourth-order valence-corrected chi connectivity index (χ4v) is 5.22. The average Bonchev–Trinajstić information content (AvgIpc) is 2.70. The lowest BCUT2D eigenvalue weighted by molar-refractivity contribution is -0.137. The Bertz CT molecular complexity index is 1300. The van der Waals surface area contributed by atoms with Crippen molar-refractivity contribution < 1.29 is 36.3 Å². The van der Waals surface area contributed by atoms with Crippen LogP contribution in [-0.4, -0.2) is 65.4 Å². The maximum atomic E-state index is 12.9. The number of hydrogen-bond donors (Lipinski definition) is 2. The minimum atomic E-state index is -4.21. The Labute approximate surface area is 185 Å². The van der Waals surface area contributed by atoms with Crippen molar-refractivity contribution in [2.45, 2.75) is 16.7 Å². The van der Waals surface area contributed by atoms with Crippen molar-refractivity contribution in [3.63, 3.8) is 0 Å². The molecule has 0 aromatic heterocycles. The highest BCUT2D eigenvalue weighted by atomic mass is 32.2. The molecule has 0 bridgehead atoms. The number of benzene rings is 2. The van der Waals surface area contributed by atoms with E-state index in [1.807, 2.05) is 0 Å². The van der Waals surface area contributed by atoms with Gasteiger partial charge < -0.3 is 9.84 Å². The molecule has 0 spiro atoms. The van der Waals surface area contributed by atoms with Gasteiger partial charge in [-0.05, 0) is 42.8 Å².